The minimum Gasteiger partial charge on any atom is -0.277 e. The van der Waals surface area contributed by atoms with Gasteiger partial charge in [0.05, 0.1) is 6.54 Å². The van der Waals surface area contributed by atoms with E-state index < -0.39 is 23.3 Å². The average Bonchev–Trinajstić information content (AvgIpc) is 2.82. The van der Waals surface area contributed by atoms with Gasteiger partial charge in [-0.05, 0) is 19.8 Å². The number of carbonyl (C=O) groups is 3. The van der Waals surface area contributed by atoms with Gasteiger partial charge in [-0.1, -0.05) is 13.8 Å². The topological polar surface area (TPSA) is 79.4 Å². The van der Waals surface area contributed by atoms with Gasteiger partial charge < -0.3 is 0 Å². The van der Waals surface area contributed by atoms with Crippen molar-refractivity contribution in [2.24, 2.45) is 5.41 Å². The number of nitrogens with zero attached hydrogens (tertiary/aromatic N) is 2. The molecule has 0 atom stereocenters. The van der Waals surface area contributed by atoms with Gasteiger partial charge in [0.2, 0.25) is 11.8 Å². The molecule has 108 valence electrons. The Morgan fingerprint density at radius 2 is 1.95 bits per heavy atom. The summed E-state index contributed by atoms with van der Waals surface area (Å²) in [6.07, 6.45) is 2.44. The molecular formula is C13H17N3O3S. The van der Waals surface area contributed by atoms with E-state index in [0.717, 1.165) is 9.78 Å². The van der Waals surface area contributed by atoms with Gasteiger partial charge in [-0.15, -0.1) is 11.3 Å². The zero-order valence-corrected chi connectivity index (χ0v) is 12.5. The number of hydrogen-bond acceptors (Lipinski definition) is 5. The number of thiazole rings is 1. The molecule has 1 aliphatic heterocycles. The molecule has 6 nitrogen and oxygen atoms in total. The van der Waals surface area contributed by atoms with Crippen molar-refractivity contribution < 1.29 is 14.4 Å². The summed E-state index contributed by atoms with van der Waals surface area (Å²) >= 11 is 1.43. The Hall–Kier alpha value is -1.76. The van der Waals surface area contributed by atoms with Crippen molar-refractivity contribution in [1.29, 1.82) is 0 Å². The Kier molecular flexibility index (Phi) is 3.89. The lowest BCUT2D eigenvalue weighted by Gasteiger charge is -2.37. The van der Waals surface area contributed by atoms with E-state index in [0.29, 0.717) is 17.8 Å². The van der Waals surface area contributed by atoms with Crippen LogP contribution in [-0.4, -0.2) is 27.7 Å². The Morgan fingerprint density at radius 3 is 2.45 bits per heavy atom. The minimum absolute atomic E-state index is 0.109. The van der Waals surface area contributed by atoms with Crippen LogP contribution in [0.15, 0.2) is 6.20 Å². The fraction of sp³-hybridized carbons (Fsp3) is 0.538. The molecule has 0 spiro atoms. The van der Waals surface area contributed by atoms with Crippen LogP contribution in [-0.2, 0) is 16.1 Å². The number of amides is 4. The summed E-state index contributed by atoms with van der Waals surface area (Å²) in [6.45, 7) is 5.58. The molecule has 0 saturated carbocycles. The van der Waals surface area contributed by atoms with E-state index in [2.05, 4.69) is 10.3 Å². The van der Waals surface area contributed by atoms with Crippen molar-refractivity contribution in [3.8, 4) is 0 Å². The van der Waals surface area contributed by atoms with Crippen LogP contribution in [0.4, 0.5) is 4.79 Å². The highest BCUT2D eigenvalue weighted by Crippen LogP contribution is 2.33. The lowest BCUT2D eigenvalue weighted by molar-refractivity contribution is -0.152. The van der Waals surface area contributed by atoms with Crippen molar-refractivity contribution in [3.63, 3.8) is 0 Å². The second kappa shape index (κ2) is 5.32. The van der Waals surface area contributed by atoms with E-state index in [1.807, 2.05) is 6.92 Å². The molecule has 1 aromatic heterocycles. The number of aryl methyl sites for hydroxylation is 1. The van der Waals surface area contributed by atoms with E-state index in [1.54, 1.807) is 20.0 Å². The third-order valence-electron chi connectivity index (χ3n) is 3.72. The van der Waals surface area contributed by atoms with E-state index in [9.17, 15) is 14.4 Å². The molecule has 20 heavy (non-hydrogen) atoms. The lowest BCUT2D eigenvalue weighted by Crippen LogP contribution is -2.63. The first-order valence-electron chi connectivity index (χ1n) is 6.53. The van der Waals surface area contributed by atoms with Gasteiger partial charge in [-0.25, -0.2) is 9.78 Å². The highest BCUT2D eigenvalue weighted by Gasteiger charge is 2.51. The Labute approximate surface area is 121 Å². The molecule has 4 amide bonds. The van der Waals surface area contributed by atoms with Gasteiger partial charge in [0.1, 0.15) is 10.4 Å². The Morgan fingerprint density at radius 1 is 1.30 bits per heavy atom. The summed E-state index contributed by atoms with van der Waals surface area (Å²) in [4.78, 5) is 42.7. The molecule has 7 heteroatoms. The third kappa shape index (κ3) is 2.22. The van der Waals surface area contributed by atoms with Crippen molar-refractivity contribution in [1.82, 2.24) is 15.2 Å². The van der Waals surface area contributed by atoms with Gasteiger partial charge in [-0.3, -0.25) is 19.8 Å². The molecule has 1 fully saturated rings. The highest BCUT2D eigenvalue weighted by molar-refractivity contribution is 7.11. The van der Waals surface area contributed by atoms with Crippen LogP contribution >= 0.6 is 11.3 Å². The minimum atomic E-state index is -1.14. The number of barbiturate groups is 1. The zero-order chi connectivity index (χ0) is 14.9. The van der Waals surface area contributed by atoms with Gasteiger partial charge in [-0.2, -0.15) is 0 Å². The number of imide groups is 2. The second-order valence-electron chi connectivity index (χ2n) is 4.80. The van der Waals surface area contributed by atoms with Crippen LogP contribution in [0.25, 0.3) is 0 Å². The second-order valence-corrected chi connectivity index (χ2v) is 6.12. The van der Waals surface area contributed by atoms with Gasteiger partial charge in [0.15, 0.2) is 0 Å². The van der Waals surface area contributed by atoms with Crippen LogP contribution in [0, 0.1) is 12.3 Å². The Balaban J connectivity index is 2.30. The van der Waals surface area contributed by atoms with E-state index in [4.69, 9.17) is 0 Å². The van der Waals surface area contributed by atoms with Crippen LogP contribution < -0.4 is 5.32 Å². The first-order chi connectivity index (χ1) is 9.44. The molecule has 2 heterocycles. The van der Waals surface area contributed by atoms with E-state index in [1.165, 1.54) is 11.3 Å². The van der Waals surface area contributed by atoms with Gasteiger partial charge in [0.25, 0.3) is 0 Å². The fourth-order valence-electron chi connectivity index (χ4n) is 2.36. The fourth-order valence-corrected chi connectivity index (χ4v) is 3.14. The standard InChI is InChI=1S/C13H17N3O3S/c1-4-13(5-2)10(17)15-12(19)16(11(13)18)7-9-14-6-8(3)20-9/h6H,4-5,7H2,1-3H3,(H,15,17,19). The maximum atomic E-state index is 12.6. The van der Waals surface area contributed by atoms with Crippen LogP contribution in [0.2, 0.25) is 0 Å². The predicted molar refractivity (Wildman–Crippen MR) is 74.0 cm³/mol. The quantitative estimate of drug-likeness (QED) is 0.860. The van der Waals surface area contributed by atoms with Crippen molar-refractivity contribution in [2.45, 2.75) is 40.2 Å². The molecule has 1 saturated heterocycles. The molecule has 1 aliphatic rings. The average molecular weight is 295 g/mol. The summed E-state index contributed by atoms with van der Waals surface area (Å²) in [5, 5.41) is 2.97. The number of urea groups is 1. The van der Waals surface area contributed by atoms with Gasteiger partial charge in [0, 0.05) is 11.1 Å². The SMILES string of the molecule is CCC1(CC)C(=O)NC(=O)N(Cc2ncc(C)s2)C1=O. The molecular weight excluding hydrogens is 278 g/mol. The smallest absolute Gasteiger partial charge is 0.277 e. The zero-order valence-electron chi connectivity index (χ0n) is 11.7. The maximum absolute atomic E-state index is 12.6. The largest absolute Gasteiger partial charge is 0.331 e. The number of nitrogens with one attached hydrogen (secondary N) is 1. The third-order valence-corrected chi connectivity index (χ3v) is 4.62. The monoisotopic (exact) mass is 295 g/mol. The van der Waals surface area contributed by atoms with E-state index in [-0.39, 0.29) is 6.54 Å². The molecule has 0 bridgehead atoms. The number of hydrogen-bond donors (Lipinski definition) is 1. The highest BCUT2D eigenvalue weighted by atomic mass is 32.1. The normalized spacial score (nSPS) is 18.4. The summed E-state index contributed by atoms with van der Waals surface area (Å²) in [7, 11) is 0. The lowest BCUT2D eigenvalue weighted by atomic mass is 9.78. The molecule has 0 aromatic carbocycles. The first kappa shape index (κ1) is 14.6. The molecule has 0 aliphatic carbocycles. The van der Waals surface area contributed by atoms with Crippen molar-refractivity contribution in [2.75, 3.05) is 0 Å². The van der Waals surface area contributed by atoms with Crippen LogP contribution in [0.1, 0.15) is 36.6 Å². The number of aromatic nitrogens is 1. The molecule has 1 N–H and O–H groups in total. The van der Waals surface area contributed by atoms with Crippen LogP contribution in [0.3, 0.4) is 0 Å². The summed E-state index contributed by atoms with van der Waals surface area (Å²) < 4.78 is 0. The molecule has 0 radical (unpaired) electrons. The summed E-state index contributed by atoms with van der Waals surface area (Å²) in [6, 6.07) is -0.662. The summed E-state index contributed by atoms with van der Waals surface area (Å²) in [5.41, 5.74) is -1.14. The summed E-state index contributed by atoms with van der Waals surface area (Å²) in [5.74, 6) is -0.923. The molecule has 0 unspecified atom stereocenters. The maximum Gasteiger partial charge on any atom is 0.331 e. The molecule has 2 rings (SSSR count). The van der Waals surface area contributed by atoms with Gasteiger partial charge >= 0.3 is 6.03 Å². The number of rotatable bonds is 4. The van der Waals surface area contributed by atoms with Crippen LogP contribution in [0.5, 0.6) is 0 Å². The van der Waals surface area contributed by atoms with Crippen molar-refractivity contribution >= 4 is 29.2 Å². The predicted octanol–water partition coefficient (Wildman–Crippen LogP) is 1.84. The molecule has 1 aromatic rings. The van der Waals surface area contributed by atoms with E-state index >= 15 is 0 Å². The Bertz CT molecular complexity index is 563. The first-order valence-corrected chi connectivity index (χ1v) is 7.35. The van der Waals surface area contributed by atoms with Crippen molar-refractivity contribution in [3.05, 3.63) is 16.1 Å². The number of carbonyl (C=O) groups excluding carboxylic acids is 3.